The molecule has 5 nitrogen and oxygen atoms in total. The third-order valence-corrected chi connectivity index (χ3v) is 5.33. The van der Waals surface area contributed by atoms with Crippen LogP contribution in [0.4, 0.5) is 5.95 Å². The van der Waals surface area contributed by atoms with Gasteiger partial charge in [-0.05, 0) is 35.6 Å². The summed E-state index contributed by atoms with van der Waals surface area (Å²) in [6.45, 7) is 0.129. The lowest BCUT2D eigenvalue weighted by atomic mass is 10.0. The van der Waals surface area contributed by atoms with Gasteiger partial charge in [0, 0.05) is 18.1 Å². The number of fused-ring (bicyclic) bond motifs is 1. The van der Waals surface area contributed by atoms with Gasteiger partial charge in [-0.3, -0.25) is 0 Å². The van der Waals surface area contributed by atoms with Crippen LogP contribution < -0.4 is 5.32 Å². The molecule has 0 saturated carbocycles. The highest BCUT2D eigenvalue weighted by molar-refractivity contribution is 7.11. The SMILES string of the molecule is OCCCc1nc2n(n1)[C@@H](c1ccccc1Cl)C=C(c1cccs1)N2. The maximum Gasteiger partial charge on any atom is 0.226 e. The summed E-state index contributed by atoms with van der Waals surface area (Å²) < 4.78 is 1.87. The van der Waals surface area contributed by atoms with Crippen molar-refractivity contribution in [2.45, 2.75) is 18.9 Å². The fraction of sp³-hybridized carbons (Fsp3) is 0.222. The van der Waals surface area contributed by atoms with Crippen LogP contribution in [-0.4, -0.2) is 26.5 Å². The highest BCUT2D eigenvalue weighted by atomic mass is 35.5. The summed E-state index contributed by atoms with van der Waals surface area (Å²) >= 11 is 8.12. The first-order valence-electron chi connectivity index (χ1n) is 8.09. The lowest BCUT2D eigenvalue weighted by molar-refractivity contribution is 0.287. The van der Waals surface area contributed by atoms with Crippen LogP contribution in [-0.2, 0) is 6.42 Å². The van der Waals surface area contributed by atoms with Crippen molar-refractivity contribution in [1.29, 1.82) is 0 Å². The molecule has 3 heterocycles. The fourth-order valence-electron chi connectivity index (χ4n) is 2.89. The molecule has 2 aromatic heterocycles. The number of hydrogen-bond acceptors (Lipinski definition) is 5. The molecule has 7 heteroatoms. The van der Waals surface area contributed by atoms with Crippen molar-refractivity contribution in [2.75, 3.05) is 11.9 Å². The van der Waals surface area contributed by atoms with Crippen molar-refractivity contribution in [3.8, 4) is 0 Å². The van der Waals surface area contributed by atoms with Crippen LogP contribution in [0.3, 0.4) is 0 Å². The van der Waals surface area contributed by atoms with Crippen LogP contribution in [0.5, 0.6) is 0 Å². The lowest BCUT2D eigenvalue weighted by Gasteiger charge is -2.24. The summed E-state index contributed by atoms with van der Waals surface area (Å²) in [7, 11) is 0. The molecule has 0 spiro atoms. The Morgan fingerprint density at radius 3 is 2.88 bits per heavy atom. The number of nitrogens with zero attached hydrogens (tertiary/aromatic N) is 3. The van der Waals surface area contributed by atoms with E-state index in [4.69, 9.17) is 16.7 Å². The molecule has 0 fully saturated rings. The van der Waals surface area contributed by atoms with Crippen LogP contribution in [0.15, 0.2) is 47.9 Å². The Kier molecular flexibility index (Phi) is 4.57. The zero-order valence-corrected chi connectivity index (χ0v) is 15.0. The van der Waals surface area contributed by atoms with Gasteiger partial charge >= 0.3 is 0 Å². The Morgan fingerprint density at radius 1 is 1.24 bits per heavy atom. The van der Waals surface area contributed by atoms with E-state index in [-0.39, 0.29) is 12.6 Å². The van der Waals surface area contributed by atoms with Gasteiger partial charge in [0.15, 0.2) is 5.82 Å². The molecule has 0 aliphatic carbocycles. The van der Waals surface area contributed by atoms with Crippen LogP contribution >= 0.6 is 22.9 Å². The van der Waals surface area contributed by atoms with Crippen LogP contribution in [0.1, 0.15) is 28.7 Å². The third-order valence-electron chi connectivity index (χ3n) is 4.08. The molecule has 0 saturated heterocycles. The molecule has 0 amide bonds. The second kappa shape index (κ2) is 7.00. The van der Waals surface area contributed by atoms with Crippen molar-refractivity contribution < 1.29 is 5.11 Å². The standard InChI is InChI=1S/C18H17ClN4OS/c19-13-6-2-1-5-12(13)15-11-14(16-7-4-10-25-16)20-18-21-17(8-3-9-24)22-23(15)18/h1-2,4-7,10-11,15,24H,3,8-9H2,(H,20,21,22)/t15-/m1/s1. The molecule has 1 aliphatic rings. The summed E-state index contributed by atoms with van der Waals surface area (Å²) in [4.78, 5) is 5.75. The van der Waals surface area contributed by atoms with E-state index in [0.29, 0.717) is 23.8 Å². The summed E-state index contributed by atoms with van der Waals surface area (Å²) in [5.74, 6) is 1.41. The Labute approximate surface area is 154 Å². The number of allylic oxidation sites excluding steroid dienone is 1. The van der Waals surface area contributed by atoms with Gasteiger partial charge in [-0.1, -0.05) is 35.9 Å². The zero-order chi connectivity index (χ0) is 17.2. The van der Waals surface area contributed by atoms with E-state index in [2.05, 4.69) is 27.5 Å². The first-order valence-corrected chi connectivity index (χ1v) is 9.35. The quantitative estimate of drug-likeness (QED) is 0.711. The predicted octanol–water partition coefficient (Wildman–Crippen LogP) is 3.97. The topological polar surface area (TPSA) is 63.0 Å². The number of anilines is 1. The first kappa shape index (κ1) is 16.3. The molecule has 1 aliphatic heterocycles. The van der Waals surface area contributed by atoms with Crippen molar-refractivity contribution in [3.63, 3.8) is 0 Å². The van der Waals surface area contributed by atoms with Gasteiger partial charge in [-0.2, -0.15) is 10.1 Å². The van der Waals surface area contributed by atoms with E-state index in [0.717, 1.165) is 22.0 Å². The van der Waals surface area contributed by atoms with E-state index >= 15 is 0 Å². The second-order valence-electron chi connectivity index (χ2n) is 5.77. The molecule has 1 aromatic carbocycles. The van der Waals surface area contributed by atoms with Crippen LogP contribution in [0.25, 0.3) is 5.70 Å². The van der Waals surface area contributed by atoms with E-state index in [1.54, 1.807) is 11.3 Å². The van der Waals surface area contributed by atoms with Crippen molar-refractivity contribution in [2.24, 2.45) is 0 Å². The van der Waals surface area contributed by atoms with Gasteiger partial charge in [0.25, 0.3) is 0 Å². The normalized spacial score (nSPS) is 16.2. The van der Waals surface area contributed by atoms with Crippen molar-refractivity contribution in [1.82, 2.24) is 14.8 Å². The maximum absolute atomic E-state index is 9.06. The molecule has 25 heavy (non-hydrogen) atoms. The summed E-state index contributed by atoms with van der Waals surface area (Å²) in [5.41, 5.74) is 1.99. The molecule has 0 unspecified atom stereocenters. The average molecular weight is 373 g/mol. The van der Waals surface area contributed by atoms with E-state index in [1.807, 2.05) is 40.4 Å². The predicted molar refractivity (Wildman–Crippen MR) is 101 cm³/mol. The van der Waals surface area contributed by atoms with Gasteiger partial charge in [0.05, 0.1) is 10.6 Å². The molecule has 4 rings (SSSR count). The van der Waals surface area contributed by atoms with Crippen LogP contribution in [0, 0.1) is 0 Å². The van der Waals surface area contributed by atoms with E-state index in [1.165, 1.54) is 0 Å². The monoisotopic (exact) mass is 372 g/mol. The Morgan fingerprint density at radius 2 is 2.12 bits per heavy atom. The smallest absolute Gasteiger partial charge is 0.226 e. The van der Waals surface area contributed by atoms with E-state index in [9.17, 15) is 0 Å². The largest absolute Gasteiger partial charge is 0.396 e. The highest BCUT2D eigenvalue weighted by Gasteiger charge is 2.26. The first-order chi connectivity index (χ1) is 12.3. The minimum atomic E-state index is -0.127. The number of aromatic nitrogens is 3. The Balaban J connectivity index is 1.79. The second-order valence-corrected chi connectivity index (χ2v) is 7.13. The van der Waals surface area contributed by atoms with Crippen molar-refractivity contribution in [3.05, 3.63) is 69.1 Å². The molecular formula is C18H17ClN4OS. The average Bonchev–Trinajstić information content (AvgIpc) is 3.29. The molecule has 1 atom stereocenters. The Hall–Kier alpha value is -2.15. The van der Waals surface area contributed by atoms with Gasteiger partial charge in [-0.15, -0.1) is 11.3 Å². The number of hydrogen-bond donors (Lipinski definition) is 2. The summed E-state index contributed by atoms with van der Waals surface area (Å²) in [6, 6.07) is 11.8. The molecule has 3 aromatic rings. The molecular weight excluding hydrogens is 356 g/mol. The molecule has 0 bridgehead atoms. The number of thiophene rings is 1. The van der Waals surface area contributed by atoms with Crippen LogP contribution in [0.2, 0.25) is 5.02 Å². The van der Waals surface area contributed by atoms with E-state index < -0.39 is 0 Å². The lowest BCUT2D eigenvalue weighted by Crippen LogP contribution is -2.20. The molecule has 0 radical (unpaired) electrons. The minimum Gasteiger partial charge on any atom is -0.396 e. The Bertz CT molecular complexity index is 904. The molecule has 128 valence electrons. The number of aryl methyl sites for hydroxylation is 1. The van der Waals surface area contributed by atoms with Gasteiger partial charge in [0.1, 0.15) is 6.04 Å². The minimum absolute atomic E-state index is 0.127. The highest BCUT2D eigenvalue weighted by Crippen LogP contribution is 2.36. The fourth-order valence-corrected chi connectivity index (χ4v) is 3.85. The van der Waals surface area contributed by atoms with Gasteiger partial charge < -0.3 is 10.4 Å². The number of rotatable bonds is 5. The van der Waals surface area contributed by atoms with Crippen molar-refractivity contribution >= 4 is 34.6 Å². The summed E-state index contributed by atoms with van der Waals surface area (Å²) in [6.07, 6.45) is 3.41. The third kappa shape index (κ3) is 3.20. The number of aliphatic hydroxyl groups is 1. The summed E-state index contributed by atoms with van der Waals surface area (Å²) in [5, 5.41) is 19.8. The maximum atomic E-state index is 9.06. The number of halogens is 1. The zero-order valence-electron chi connectivity index (χ0n) is 13.4. The van der Waals surface area contributed by atoms with Gasteiger partial charge in [0.2, 0.25) is 5.95 Å². The number of aliphatic hydroxyl groups excluding tert-OH is 1. The van der Waals surface area contributed by atoms with Gasteiger partial charge in [-0.25, -0.2) is 4.68 Å². The molecule has 2 N–H and O–H groups in total. The number of benzene rings is 1. The number of nitrogens with one attached hydrogen (secondary N) is 1.